The lowest BCUT2D eigenvalue weighted by molar-refractivity contribution is 0.0700. The molecule has 2 aromatic carbocycles. The zero-order valence-corrected chi connectivity index (χ0v) is 27.6. The molecule has 0 spiro atoms. The van der Waals surface area contributed by atoms with Gasteiger partial charge in [0.1, 0.15) is 16.9 Å². The average molecular weight is 648 g/mol. The number of carbonyl (C=O) groups excluding carboxylic acids is 2. The third-order valence-electron chi connectivity index (χ3n) is 10.7. The number of aryl methyl sites for hydroxylation is 1. The molecule has 240 valence electrons. The van der Waals surface area contributed by atoms with E-state index in [1.54, 1.807) is 7.11 Å². The molecular weight excluding hydrogens is 611 g/mol. The first-order chi connectivity index (χ1) is 22.8. The fourth-order valence-corrected chi connectivity index (χ4v) is 8.74. The molecule has 4 aliphatic rings. The van der Waals surface area contributed by atoms with E-state index in [0.717, 1.165) is 75.5 Å². The highest BCUT2D eigenvalue weighted by Gasteiger charge is 2.47. The number of anilines is 1. The number of hydrogen-bond donors (Lipinski definition) is 1. The third-order valence-corrected chi connectivity index (χ3v) is 11.7. The lowest BCUT2D eigenvalue weighted by Gasteiger charge is -2.27. The normalized spacial score (nSPS) is 22.1. The summed E-state index contributed by atoms with van der Waals surface area (Å²) in [7, 11) is 5.64. The number of nitrogens with two attached hydrogens (primary N) is 1. The third kappa shape index (κ3) is 4.50. The van der Waals surface area contributed by atoms with E-state index < -0.39 is 0 Å². The number of aromatic nitrogens is 4. The molecular formula is C36H37N7O3S. The van der Waals surface area contributed by atoms with Crippen LogP contribution in [0.15, 0.2) is 48.5 Å². The van der Waals surface area contributed by atoms with Gasteiger partial charge in [0.15, 0.2) is 11.6 Å². The minimum absolute atomic E-state index is 0.00564. The number of likely N-dealkylation sites (tertiary alicyclic amines) is 1. The van der Waals surface area contributed by atoms with Crippen molar-refractivity contribution in [2.45, 2.75) is 44.3 Å². The molecule has 2 aliphatic carbocycles. The van der Waals surface area contributed by atoms with Gasteiger partial charge in [-0.1, -0.05) is 6.07 Å². The van der Waals surface area contributed by atoms with Gasteiger partial charge in [0.2, 0.25) is 0 Å². The minimum Gasteiger partial charge on any atom is -0.494 e. The van der Waals surface area contributed by atoms with E-state index in [1.165, 1.54) is 24.8 Å². The molecule has 1 amide bonds. The Labute approximate surface area is 277 Å². The lowest BCUT2D eigenvalue weighted by Crippen LogP contribution is -2.41. The molecule has 47 heavy (non-hydrogen) atoms. The number of piperidine rings is 1. The number of ketones is 1. The topological polar surface area (TPSA) is 112 Å². The van der Waals surface area contributed by atoms with Crippen LogP contribution in [0.2, 0.25) is 0 Å². The number of methoxy groups -OCH3 is 1. The number of fused-ring (bicyclic) bond motifs is 5. The number of Topliss-reactive ketones (excluding diaryl/α,β-unsaturated/α-hetero) is 1. The summed E-state index contributed by atoms with van der Waals surface area (Å²) < 4.78 is 12.3. The van der Waals surface area contributed by atoms with Gasteiger partial charge in [-0.2, -0.15) is 0 Å². The van der Waals surface area contributed by atoms with Gasteiger partial charge in [-0.05, 0) is 91.9 Å². The van der Waals surface area contributed by atoms with E-state index in [9.17, 15) is 9.59 Å². The second-order valence-corrected chi connectivity index (χ2v) is 14.7. The molecule has 11 heteroatoms. The van der Waals surface area contributed by atoms with Gasteiger partial charge < -0.3 is 28.8 Å². The number of imidazole rings is 1. The summed E-state index contributed by atoms with van der Waals surface area (Å²) in [5.74, 6) is 2.98. The van der Waals surface area contributed by atoms with Crippen LogP contribution in [-0.4, -0.2) is 74.2 Å². The molecule has 2 aliphatic heterocycles. The van der Waals surface area contributed by atoms with Crippen molar-refractivity contribution in [2.75, 3.05) is 30.8 Å². The predicted octanol–water partition coefficient (Wildman–Crippen LogP) is 5.52. The number of pyridine rings is 1. The molecule has 3 aromatic heterocycles. The first-order valence-electron chi connectivity index (χ1n) is 16.4. The molecule has 5 aromatic rings. The van der Waals surface area contributed by atoms with Crippen molar-refractivity contribution in [3.8, 4) is 28.5 Å². The number of rotatable bonds is 6. The van der Waals surface area contributed by atoms with Crippen molar-refractivity contribution in [3.05, 3.63) is 59.7 Å². The van der Waals surface area contributed by atoms with Gasteiger partial charge in [0.05, 0.1) is 35.5 Å². The van der Waals surface area contributed by atoms with Crippen molar-refractivity contribution in [3.63, 3.8) is 0 Å². The van der Waals surface area contributed by atoms with Crippen LogP contribution in [0.3, 0.4) is 0 Å². The Kier molecular flexibility index (Phi) is 6.49. The fraction of sp³-hybridized carbons (Fsp3) is 0.389. The van der Waals surface area contributed by atoms with E-state index in [1.807, 2.05) is 49.3 Å². The van der Waals surface area contributed by atoms with Gasteiger partial charge in [0, 0.05) is 61.3 Å². The smallest absolute Gasteiger partial charge is 0.254 e. The molecule has 2 bridgehead atoms. The van der Waals surface area contributed by atoms with Gasteiger partial charge in [-0.3, -0.25) is 9.59 Å². The Morgan fingerprint density at radius 3 is 2.64 bits per heavy atom. The maximum atomic E-state index is 13.8. The Morgan fingerprint density at radius 1 is 1.04 bits per heavy atom. The van der Waals surface area contributed by atoms with Crippen molar-refractivity contribution in [1.82, 2.24) is 24.0 Å². The molecule has 0 radical (unpaired) electrons. The maximum Gasteiger partial charge on any atom is 0.254 e. The van der Waals surface area contributed by atoms with Crippen LogP contribution in [0.25, 0.3) is 44.8 Å². The summed E-state index contributed by atoms with van der Waals surface area (Å²) in [5.41, 5.74) is 13.9. The first kappa shape index (κ1) is 28.8. The summed E-state index contributed by atoms with van der Waals surface area (Å²) in [6.07, 6.45) is 4.45. The lowest BCUT2D eigenvalue weighted by atomic mass is 10.0. The zero-order valence-electron chi connectivity index (χ0n) is 26.8. The van der Waals surface area contributed by atoms with Crippen LogP contribution < -0.4 is 14.8 Å². The average Bonchev–Trinajstić information content (AvgIpc) is 3.49. The number of amides is 1. The maximum absolute atomic E-state index is 13.8. The molecule has 2 N–H and O–H groups in total. The summed E-state index contributed by atoms with van der Waals surface area (Å²) >= 11 is 1.53. The van der Waals surface area contributed by atoms with E-state index in [2.05, 4.69) is 31.6 Å². The van der Waals surface area contributed by atoms with E-state index in [0.29, 0.717) is 35.4 Å². The van der Waals surface area contributed by atoms with Crippen molar-refractivity contribution < 1.29 is 14.3 Å². The quantitative estimate of drug-likeness (QED) is 0.240. The summed E-state index contributed by atoms with van der Waals surface area (Å²) in [4.78, 5) is 38.8. The molecule has 10 nitrogen and oxygen atoms in total. The largest absolute Gasteiger partial charge is 0.494 e. The van der Waals surface area contributed by atoms with E-state index in [4.69, 9.17) is 20.4 Å². The highest BCUT2D eigenvalue weighted by molar-refractivity contribution is 8.01. The molecule has 2 saturated carbocycles. The van der Waals surface area contributed by atoms with Gasteiger partial charge in [-0.25, -0.2) is 9.97 Å². The molecule has 9 rings (SSSR count). The number of hydrogen-bond acceptors (Lipinski definition) is 8. The van der Waals surface area contributed by atoms with Crippen LogP contribution in [0.1, 0.15) is 46.4 Å². The van der Waals surface area contributed by atoms with Crippen LogP contribution >= 0.6 is 11.9 Å². The summed E-state index contributed by atoms with van der Waals surface area (Å²) in [6, 6.07) is 16.3. The highest BCUT2D eigenvalue weighted by atomic mass is 32.2. The minimum atomic E-state index is -0.00564. The SMILES string of the molecule is COc1cc(C(=O)N2CC3CCC2[C@@H]3N)cc2nc(-c3cc4ccc(-c5ccc6c(c5)C(=O)CSN6C)nc4n3CC3CC3)n(C)c12. The van der Waals surface area contributed by atoms with Crippen LogP contribution in [0.4, 0.5) is 5.69 Å². The van der Waals surface area contributed by atoms with Crippen molar-refractivity contribution >= 4 is 51.4 Å². The van der Waals surface area contributed by atoms with E-state index in [-0.39, 0.29) is 23.8 Å². The number of ether oxygens (including phenoxy) is 1. The molecule has 1 saturated heterocycles. The molecule has 3 fully saturated rings. The molecule has 2 unspecified atom stereocenters. The highest BCUT2D eigenvalue weighted by Crippen LogP contribution is 2.41. The zero-order chi connectivity index (χ0) is 32.1. The second-order valence-electron chi connectivity index (χ2n) is 13.6. The van der Waals surface area contributed by atoms with Crippen LogP contribution in [0, 0.1) is 11.8 Å². The number of carbonyl (C=O) groups is 2. The fourth-order valence-electron chi connectivity index (χ4n) is 7.98. The number of nitrogens with zero attached hydrogens (tertiary/aromatic N) is 6. The molecule has 5 heterocycles. The summed E-state index contributed by atoms with van der Waals surface area (Å²) in [6.45, 7) is 1.56. The van der Waals surface area contributed by atoms with Crippen molar-refractivity contribution in [1.29, 1.82) is 0 Å². The Bertz CT molecular complexity index is 2130. The summed E-state index contributed by atoms with van der Waals surface area (Å²) in [5, 5.41) is 1.03. The first-order valence-corrected chi connectivity index (χ1v) is 17.4. The second kappa shape index (κ2) is 10.6. The Morgan fingerprint density at radius 2 is 1.89 bits per heavy atom. The monoisotopic (exact) mass is 647 g/mol. The van der Waals surface area contributed by atoms with E-state index >= 15 is 0 Å². The van der Waals surface area contributed by atoms with Crippen LogP contribution in [-0.2, 0) is 13.6 Å². The number of benzene rings is 2. The van der Waals surface area contributed by atoms with Crippen LogP contribution in [0.5, 0.6) is 5.75 Å². The van der Waals surface area contributed by atoms with Gasteiger partial charge in [-0.15, -0.1) is 0 Å². The Hall–Kier alpha value is -4.35. The molecule has 3 atom stereocenters. The van der Waals surface area contributed by atoms with Crippen molar-refractivity contribution in [2.24, 2.45) is 24.6 Å². The Balaban J connectivity index is 1.14. The van der Waals surface area contributed by atoms with Gasteiger partial charge >= 0.3 is 0 Å². The standard InChI is InChI=1S/C36H37N7O3S/c1-40-33-26(13-23(15-31(33)46-3)36(45)43-17-22-8-11-28(43)32(22)37)39-35(40)29-14-21-6-9-25(38-34(21)42(29)16-19-4-5-19)20-7-10-27-24(12-20)30(44)18-47-41(27)2/h6-7,9-10,12-15,19,22,28,32H,4-5,8,11,16-18,37H2,1-3H3/t22?,28?,32-/m1/s1. The van der Waals surface area contributed by atoms with Gasteiger partial charge in [0.25, 0.3) is 5.91 Å². The predicted molar refractivity (Wildman–Crippen MR) is 185 cm³/mol.